The number of aryl methyl sites for hydroxylation is 2. The normalized spacial score (nSPS) is 14.4. The highest BCUT2D eigenvalue weighted by Crippen LogP contribution is 2.19. The zero-order chi connectivity index (χ0) is 21.7. The van der Waals surface area contributed by atoms with Gasteiger partial charge in [0.15, 0.2) is 6.54 Å². The summed E-state index contributed by atoms with van der Waals surface area (Å²) in [5.41, 5.74) is 3.73. The Morgan fingerprint density at radius 2 is 1.67 bits per heavy atom. The number of nitrogens with zero attached hydrogens (tertiary/aromatic N) is 2. The van der Waals surface area contributed by atoms with Gasteiger partial charge in [0.05, 0.1) is 37.5 Å². The molecule has 0 unspecified atom stereocenters. The van der Waals surface area contributed by atoms with Crippen LogP contribution in [0.1, 0.15) is 16.7 Å². The molecule has 0 aliphatic carbocycles. The van der Waals surface area contributed by atoms with Gasteiger partial charge in [-0.1, -0.05) is 30.3 Å². The third-order valence-electron chi connectivity index (χ3n) is 5.48. The molecule has 3 rings (SSSR count). The maximum absolute atomic E-state index is 12.5. The first-order valence-electron chi connectivity index (χ1n) is 10.0. The second kappa shape index (κ2) is 9.49. The number of amides is 2. The molecule has 0 spiro atoms. The lowest BCUT2D eigenvalue weighted by atomic mass is 10.1. The Morgan fingerprint density at radius 1 is 1.07 bits per heavy atom. The van der Waals surface area contributed by atoms with Crippen molar-refractivity contribution in [2.75, 3.05) is 38.0 Å². The van der Waals surface area contributed by atoms with Crippen molar-refractivity contribution in [1.82, 2.24) is 4.90 Å². The molecule has 1 aliphatic rings. The van der Waals surface area contributed by atoms with E-state index in [-0.39, 0.29) is 23.9 Å². The number of nitro groups is 1. The molecule has 1 saturated heterocycles. The van der Waals surface area contributed by atoms with E-state index in [9.17, 15) is 19.7 Å². The number of para-hydroxylation sites is 1. The van der Waals surface area contributed by atoms with Crippen molar-refractivity contribution in [3.05, 3.63) is 69.3 Å². The van der Waals surface area contributed by atoms with Crippen LogP contribution in [0.15, 0.2) is 42.5 Å². The van der Waals surface area contributed by atoms with Crippen molar-refractivity contribution < 1.29 is 19.4 Å². The predicted octanol–water partition coefficient (Wildman–Crippen LogP) is 1.12. The van der Waals surface area contributed by atoms with Gasteiger partial charge in [-0.15, -0.1) is 0 Å². The standard InChI is InChI=1S/C22H26N4O4/c1-16-4-3-5-17(2)22(16)23-20(27)15-24-10-12-25(13-11-24)21(28)14-18-6-8-19(9-7-18)26(29)30/h3-9H,10-15H2,1-2H3,(H,23,27)/p+1. The highest BCUT2D eigenvalue weighted by atomic mass is 16.6. The largest absolute Gasteiger partial charge is 0.331 e. The highest BCUT2D eigenvalue weighted by molar-refractivity contribution is 5.93. The number of hydrogen-bond donors (Lipinski definition) is 2. The van der Waals surface area contributed by atoms with E-state index in [4.69, 9.17) is 0 Å². The van der Waals surface area contributed by atoms with Crippen molar-refractivity contribution >= 4 is 23.2 Å². The minimum atomic E-state index is -0.454. The minimum absolute atomic E-state index is 0.00268. The molecule has 2 N–H and O–H groups in total. The van der Waals surface area contributed by atoms with Gasteiger partial charge in [-0.25, -0.2) is 0 Å². The number of quaternary nitrogens is 1. The first kappa shape index (κ1) is 21.4. The third kappa shape index (κ3) is 5.42. The number of rotatable bonds is 6. The molecule has 1 fully saturated rings. The van der Waals surface area contributed by atoms with E-state index in [0.717, 1.165) is 27.3 Å². The Labute approximate surface area is 175 Å². The van der Waals surface area contributed by atoms with E-state index in [1.165, 1.54) is 12.1 Å². The fourth-order valence-corrected chi connectivity index (χ4v) is 3.69. The number of hydrogen-bond acceptors (Lipinski definition) is 4. The Balaban J connectivity index is 1.46. The Bertz CT molecular complexity index is 914. The van der Waals surface area contributed by atoms with Crippen LogP contribution in [-0.2, 0) is 16.0 Å². The first-order valence-corrected chi connectivity index (χ1v) is 10.0. The van der Waals surface area contributed by atoms with Crippen molar-refractivity contribution in [1.29, 1.82) is 0 Å². The van der Waals surface area contributed by atoms with E-state index in [1.54, 1.807) is 17.0 Å². The zero-order valence-corrected chi connectivity index (χ0v) is 17.3. The second-order valence-corrected chi connectivity index (χ2v) is 7.72. The molecule has 0 bridgehead atoms. The number of piperazine rings is 1. The van der Waals surface area contributed by atoms with E-state index in [0.29, 0.717) is 32.7 Å². The van der Waals surface area contributed by atoms with Gasteiger partial charge < -0.3 is 15.1 Å². The molecule has 2 aromatic carbocycles. The van der Waals surface area contributed by atoms with Crippen LogP contribution >= 0.6 is 0 Å². The van der Waals surface area contributed by atoms with E-state index in [2.05, 4.69) is 5.32 Å². The molecule has 8 nitrogen and oxygen atoms in total. The second-order valence-electron chi connectivity index (χ2n) is 7.72. The summed E-state index contributed by atoms with van der Waals surface area (Å²) in [4.78, 5) is 38.2. The van der Waals surface area contributed by atoms with E-state index < -0.39 is 4.92 Å². The van der Waals surface area contributed by atoms with E-state index in [1.807, 2.05) is 32.0 Å². The van der Waals surface area contributed by atoms with Gasteiger partial charge >= 0.3 is 0 Å². The topological polar surface area (TPSA) is 97.0 Å². The predicted molar refractivity (Wildman–Crippen MR) is 113 cm³/mol. The number of carbonyl (C=O) groups is 2. The van der Waals surface area contributed by atoms with Crippen LogP contribution in [0.4, 0.5) is 11.4 Å². The summed E-state index contributed by atoms with van der Waals surface area (Å²) in [7, 11) is 0. The summed E-state index contributed by atoms with van der Waals surface area (Å²) in [5, 5.41) is 13.7. The molecule has 158 valence electrons. The molecule has 1 aliphatic heterocycles. The maximum atomic E-state index is 12.5. The Kier molecular flexibility index (Phi) is 6.79. The summed E-state index contributed by atoms with van der Waals surface area (Å²) in [5.74, 6) is -0.0176. The zero-order valence-electron chi connectivity index (χ0n) is 17.3. The van der Waals surface area contributed by atoms with Gasteiger partial charge in [-0.05, 0) is 30.5 Å². The van der Waals surface area contributed by atoms with Crippen LogP contribution in [0.3, 0.4) is 0 Å². The average Bonchev–Trinajstić information content (AvgIpc) is 2.72. The van der Waals surface area contributed by atoms with Gasteiger partial charge in [0.25, 0.3) is 11.6 Å². The monoisotopic (exact) mass is 411 g/mol. The van der Waals surface area contributed by atoms with Crippen LogP contribution in [0.5, 0.6) is 0 Å². The van der Waals surface area contributed by atoms with Gasteiger partial charge in [0, 0.05) is 17.8 Å². The number of anilines is 1. The Hall–Kier alpha value is -3.26. The molecule has 30 heavy (non-hydrogen) atoms. The first-order chi connectivity index (χ1) is 14.3. The van der Waals surface area contributed by atoms with Crippen LogP contribution in [0.2, 0.25) is 0 Å². The summed E-state index contributed by atoms with van der Waals surface area (Å²) in [6.07, 6.45) is 0.223. The van der Waals surface area contributed by atoms with Crippen LogP contribution in [0, 0.1) is 24.0 Å². The Morgan fingerprint density at radius 3 is 2.23 bits per heavy atom. The molecule has 0 atom stereocenters. The van der Waals surface area contributed by atoms with Crippen LogP contribution in [-0.4, -0.2) is 54.4 Å². The molecule has 0 saturated carbocycles. The van der Waals surface area contributed by atoms with Crippen molar-refractivity contribution in [3.8, 4) is 0 Å². The number of benzene rings is 2. The van der Waals surface area contributed by atoms with Gasteiger partial charge in [-0.2, -0.15) is 0 Å². The summed E-state index contributed by atoms with van der Waals surface area (Å²) in [6, 6.07) is 12.0. The smallest absolute Gasteiger partial charge is 0.279 e. The number of nitro benzene ring substituents is 1. The van der Waals surface area contributed by atoms with Gasteiger partial charge in [0.2, 0.25) is 5.91 Å². The van der Waals surface area contributed by atoms with Gasteiger partial charge in [0.1, 0.15) is 0 Å². The number of carbonyl (C=O) groups excluding carboxylic acids is 2. The molecule has 2 aromatic rings. The molecular formula is C22H27N4O4+. The summed E-state index contributed by atoms with van der Waals surface area (Å²) in [6.45, 7) is 6.95. The molecular weight excluding hydrogens is 384 g/mol. The molecule has 0 radical (unpaired) electrons. The van der Waals surface area contributed by atoms with Crippen LogP contribution < -0.4 is 10.2 Å². The third-order valence-corrected chi connectivity index (χ3v) is 5.48. The lowest BCUT2D eigenvalue weighted by Gasteiger charge is -2.32. The lowest BCUT2D eigenvalue weighted by Crippen LogP contribution is -3.15. The van der Waals surface area contributed by atoms with Gasteiger partial charge in [-0.3, -0.25) is 19.7 Å². The highest BCUT2D eigenvalue weighted by Gasteiger charge is 2.25. The lowest BCUT2D eigenvalue weighted by molar-refractivity contribution is -0.895. The minimum Gasteiger partial charge on any atom is -0.331 e. The fraction of sp³-hybridized carbons (Fsp3) is 0.364. The SMILES string of the molecule is Cc1cccc(C)c1NC(=O)C[NH+]1CCN(C(=O)Cc2ccc([N+](=O)[O-])cc2)CC1. The number of nitrogens with one attached hydrogen (secondary N) is 2. The molecule has 1 heterocycles. The fourth-order valence-electron chi connectivity index (χ4n) is 3.69. The molecule has 2 amide bonds. The summed E-state index contributed by atoms with van der Waals surface area (Å²) < 4.78 is 0. The van der Waals surface area contributed by atoms with E-state index >= 15 is 0 Å². The molecule has 8 heteroatoms. The average molecular weight is 411 g/mol. The number of non-ortho nitro benzene ring substituents is 1. The van der Waals surface area contributed by atoms with Crippen molar-refractivity contribution in [3.63, 3.8) is 0 Å². The van der Waals surface area contributed by atoms with Crippen LogP contribution in [0.25, 0.3) is 0 Å². The van der Waals surface area contributed by atoms with Crippen molar-refractivity contribution in [2.45, 2.75) is 20.3 Å². The molecule has 0 aromatic heterocycles. The quantitative estimate of drug-likeness (QED) is 0.550. The maximum Gasteiger partial charge on any atom is 0.279 e. The summed E-state index contributed by atoms with van der Waals surface area (Å²) >= 11 is 0. The van der Waals surface area contributed by atoms with Crippen molar-refractivity contribution in [2.24, 2.45) is 0 Å².